The quantitative estimate of drug-likeness (QED) is 0.872. The third kappa shape index (κ3) is 4.06. The van der Waals surface area contributed by atoms with Crippen molar-refractivity contribution >= 4 is 17.6 Å². The zero-order valence-corrected chi connectivity index (χ0v) is 12.5. The fourth-order valence-corrected chi connectivity index (χ4v) is 3.02. The molecule has 2 rings (SSSR count). The molecule has 0 aliphatic heterocycles. The topological polar surface area (TPSA) is 66.4 Å². The van der Waals surface area contributed by atoms with Gasteiger partial charge >= 0.3 is 5.97 Å². The maximum absolute atomic E-state index is 12.3. The number of carboxylic acid groups (broad SMARTS) is 1. The predicted octanol–water partition coefficient (Wildman–Crippen LogP) is 3.47. The van der Waals surface area contributed by atoms with Crippen molar-refractivity contribution < 1.29 is 14.7 Å². The van der Waals surface area contributed by atoms with E-state index in [0.29, 0.717) is 12.8 Å². The van der Waals surface area contributed by atoms with E-state index in [9.17, 15) is 14.7 Å². The Hall–Kier alpha value is -1.84. The lowest BCUT2D eigenvalue weighted by atomic mass is 9.78. The Bertz CT molecular complexity index is 495. The molecule has 2 N–H and O–H groups in total. The number of carbonyl (C=O) groups is 2. The molecular formula is C17H23NO3. The lowest BCUT2D eigenvalue weighted by Gasteiger charge is -2.27. The summed E-state index contributed by atoms with van der Waals surface area (Å²) in [5, 5.41) is 12.1. The number of carboxylic acids is 1. The molecule has 4 heteroatoms. The van der Waals surface area contributed by atoms with Gasteiger partial charge in [-0.1, -0.05) is 38.3 Å². The minimum Gasteiger partial charge on any atom is -0.481 e. The first kappa shape index (κ1) is 15.5. The summed E-state index contributed by atoms with van der Waals surface area (Å²) in [6.07, 6.45) is 5.20. The molecule has 1 aliphatic carbocycles. The second-order valence-corrected chi connectivity index (χ2v) is 5.77. The molecule has 1 saturated carbocycles. The Kier molecular flexibility index (Phi) is 5.37. The maximum atomic E-state index is 12.3. The molecule has 114 valence electrons. The van der Waals surface area contributed by atoms with Gasteiger partial charge in [0.15, 0.2) is 0 Å². The minimum absolute atomic E-state index is 0.162. The highest BCUT2D eigenvalue weighted by Crippen LogP contribution is 2.31. The molecule has 1 fully saturated rings. The molecule has 4 nitrogen and oxygen atoms in total. The van der Waals surface area contributed by atoms with Crippen LogP contribution >= 0.6 is 0 Å². The first-order valence-corrected chi connectivity index (χ1v) is 7.74. The zero-order valence-electron chi connectivity index (χ0n) is 12.5. The summed E-state index contributed by atoms with van der Waals surface area (Å²) in [6.45, 7) is 2.13. The standard InChI is InChI=1S/C17H23NO3/c1-2-5-12-8-10-13(11-9-12)18-16(19)14-6-3-4-7-15(14)17(20)21/h8-11,14-15H,2-7H2,1H3,(H,18,19)(H,20,21)/t14-,15+/m1/s1. The van der Waals surface area contributed by atoms with Crippen LogP contribution < -0.4 is 5.32 Å². The number of nitrogens with one attached hydrogen (secondary N) is 1. The van der Waals surface area contributed by atoms with Crippen molar-refractivity contribution in [3.8, 4) is 0 Å². The molecule has 1 aliphatic rings. The fraction of sp³-hybridized carbons (Fsp3) is 0.529. The second-order valence-electron chi connectivity index (χ2n) is 5.77. The molecule has 0 aromatic heterocycles. The van der Waals surface area contributed by atoms with Gasteiger partial charge in [-0.3, -0.25) is 9.59 Å². The molecule has 1 aromatic rings. The van der Waals surface area contributed by atoms with Crippen LogP contribution in [-0.4, -0.2) is 17.0 Å². The Labute approximate surface area is 125 Å². The fourth-order valence-electron chi connectivity index (χ4n) is 3.02. The summed E-state index contributed by atoms with van der Waals surface area (Å²) >= 11 is 0. The summed E-state index contributed by atoms with van der Waals surface area (Å²) in [7, 11) is 0. The van der Waals surface area contributed by atoms with Crippen molar-refractivity contribution in [1.82, 2.24) is 0 Å². The van der Waals surface area contributed by atoms with Gasteiger partial charge in [0.05, 0.1) is 11.8 Å². The Morgan fingerprint density at radius 3 is 2.33 bits per heavy atom. The molecule has 21 heavy (non-hydrogen) atoms. The average Bonchev–Trinajstić information content (AvgIpc) is 2.49. The highest BCUT2D eigenvalue weighted by atomic mass is 16.4. The van der Waals surface area contributed by atoms with E-state index in [-0.39, 0.29) is 5.91 Å². The summed E-state index contributed by atoms with van der Waals surface area (Å²) in [5.41, 5.74) is 1.99. The monoisotopic (exact) mass is 289 g/mol. The highest BCUT2D eigenvalue weighted by molar-refractivity contribution is 5.95. The summed E-state index contributed by atoms with van der Waals surface area (Å²) < 4.78 is 0. The molecule has 0 unspecified atom stereocenters. The first-order valence-electron chi connectivity index (χ1n) is 7.74. The molecule has 0 radical (unpaired) electrons. The SMILES string of the molecule is CCCc1ccc(NC(=O)[C@@H]2CCCC[C@@H]2C(=O)O)cc1. The van der Waals surface area contributed by atoms with Crippen LogP contribution in [0.25, 0.3) is 0 Å². The predicted molar refractivity (Wildman–Crippen MR) is 82.2 cm³/mol. The second kappa shape index (κ2) is 7.25. The Morgan fingerprint density at radius 1 is 1.14 bits per heavy atom. The number of amides is 1. The molecule has 0 bridgehead atoms. The van der Waals surface area contributed by atoms with Crippen LogP contribution in [0.1, 0.15) is 44.6 Å². The third-order valence-corrected chi connectivity index (χ3v) is 4.18. The minimum atomic E-state index is -0.854. The number of aryl methyl sites for hydroxylation is 1. The van der Waals surface area contributed by atoms with Crippen molar-refractivity contribution in [2.75, 3.05) is 5.32 Å². The molecule has 1 aromatic carbocycles. The Morgan fingerprint density at radius 2 is 1.76 bits per heavy atom. The van der Waals surface area contributed by atoms with E-state index in [0.717, 1.165) is 31.4 Å². The largest absolute Gasteiger partial charge is 0.481 e. The van der Waals surface area contributed by atoms with Crippen LogP contribution in [0.15, 0.2) is 24.3 Å². The number of benzene rings is 1. The number of hydrogen-bond acceptors (Lipinski definition) is 2. The van der Waals surface area contributed by atoms with Crippen molar-refractivity contribution in [3.05, 3.63) is 29.8 Å². The van der Waals surface area contributed by atoms with Gasteiger partial charge in [-0.15, -0.1) is 0 Å². The molecule has 2 atom stereocenters. The molecule has 0 heterocycles. The normalized spacial score (nSPS) is 21.8. The molecular weight excluding hydrogens is 266 g/mol. The summed E-state index contributed by atoms with van der Waals surface area (Å²) in [6, 6.07) is 7.80. The average molecular weight is 289 g/mol. The highest BCUT2D eigenvalue weighted by Gasteiger charge is 2.35. The first-order chi connectivity index (χ1) is 10.1. The van der Waals surface area contributed by atoms with Gasteiger partial charge in [0.2, 0.25) is 5.91 Å². The van der Waals surface area contributed by atoms with E-state index in [1.54, 1.807) is 0 Å². The van der Waals surface area contributed by atoms with E-state index >= 15 is 0 Å². The van der Waals surface area contributed by atoms with Crippen molar-refractivity contribution in [2.24, 2.45) is 11.8 Å². The van der Waals surface area contributed by atoms with Gasteiger partial charge in [0.25, 0.3) is 0 Å². The van der Waals surface area contributed by atoms with Crippen LogP contribution in [0.5, 0.6) is 0 Å². The van der Waals surface area contributed by atoms with Crippen molar-refractivity contribution in [3.63, 3.8) is 0 Å². The lowest BCUT2D eigenvalue weighted by molar-refractivity contribution is -0.147. The number of anilines is 1. The van der Waals surface area contributed by atoms with Crippen molar-refractivity contribution in [1.29, 1.82) is 0 Å². The number of carbonyl (C=O) groups excluding carboxylic acids is 1. The Balaban J connectivity index is 2.00. The summed E-state index contributed by atoms with van der Waals surface area (Å²) in [5.74, 6) is -1.97. The summed E-state index contributed by atoms with van der Waals surface area (Å²) in [4.78, 5) is 23.6. The van der Waals surface area contributed by atoms with Gasteiger partial charge in [0, 0.05) is 5.69 Å². The number of rotatable bonds is 5. The van der Waals surface area contributed by atoms with Crippen LogP contribution in [0.3, 0.4) is 0 Å². The number of aliphatic carboxylic acids is 1. The molecule has 1 amide bonds. The lowest BCUT2D eigenvalue weighted by Crippen LogP contribution is -2.36. The van der Waals surface area contributed by atoms with Gasteiger partial charge in [-0.25, -0.2) is 0 Å². The van der Waals surface area contributed by atoms with Crippen LogP contribution in [0, 0.1) is 11.8 Å². The van der Waals surface area contributed by atoms with Gasteiger partial charge in [-0.05, 0) is 37.0 Å². The zero-order chi connectivity index (χ0) is 15.2. The van der Waals surface area contributed by atoms with Gasteiger partial charge in [-0.2, -0.15) is 0 Å². The smallest absolute Gasteiger partial charge is 0.307 e. The van der Waals surface area contributed by atoms with Crippen LogP contribution in [0.4, 0.5) is 5.69 Å². The van der Waals surface area contributed by atoms with E-state index < -0.39 is 17.8 Å². The van der Waals surface area contributed by atoms with E-state index in [1.807, 2.05) is 24.3 Å². The van der Waals surface area contributed by atoms with Gasteiger partial charge < -0.3 is 10.4 Å². The van der Waals surface area contributed by atoms with Crippen LogP contribution in [0.2, 0.25) is 0 Å². The van der Waals surface area contributed by atoms with Gasteiger partial charge in [0.1, 0.15) is 0 Å². The van der Waals surface area contributed by atoms with E-state index in [4.69, 9.17) is 0 Å². The maximum Gasteiger partial charge on any atom is 0.307 e. The molecule has 0 saturated heterocycles. The van der Waals surface area contributed by atoms with Crippen molar-refractivity contribution in [2.45, 2.75) is 45.4 Å². The van der Waals surface area contributed by atoms with Crippen LogP contribution in [-0.2, 0) is 16.0 Å². The van der Waals surface area contributed by atoms with E-state index in [1.165, 1.54) is 5.56 Å². The van der Waals surface area contributed by atoms with E-state index in [2.05, 4.69) is 12.2 Å². The molecule has 0 spiro atoms. The third-order valence-electron chi connectivity index (χ3n) is 4.18. The number of hydrogen-bond donors (Lipinski definition) is 2.